The molecule has 0 saturated carbocycles. The highest BCUT2D eigenvalue weighted by atomic mass is 16.5. The first-order valence-corrected chi connectivity index (χ1v) is 12.2. The molecule has 1 amide bonds. The Kier molecular flexibility index (Phi) is 7.17. The van der Waals surface area contributed by atoms with E-state index in [1.165, 1.54) is 0 Å². The van der Waals surface area contributed by atoms with Gasteiger partial charge in [0.2, 0.25) is 0 Å². The first-order chi connectivity index (χ1) is 18.0. The van der Waals surface area contributed by atoms with Crippen molar-refractivity contribution < 1.29 is 19.0 Å². The maximum absolute atomic E-state index is 12.5. The number of hydrogen-bond acceptors (Lipinski definition) is 8. The van der Waals surface area contributed by atoms with Gasteiger partial charge in [0.15, 0.2) is 17.2 Å². The van der Waals surface area contributed by atoms with E-state index in [9.17, 15) is 4.79 Å². The molecule has 11 heteroatoms. The van der Waals surface area contributed by atoms with Crippen molar-refractivity contribution in [2.24, 2.45) is 5.73 Å². The Morgan fingerprint density at radius 3 is 2.54 bits per heavy atom. The Labute approximate surface area is 214 Å². The molecule has 1 aromatic carbocycles. The molecular weight excluding hydrogens is 474 g/mol. The molecule has 1 saturated heterocycles. The molecule has 1 aliphatic rings. The number of morpholine rings is 1. The van der Waals surface area contributed by atoms with Crippen molar-refractivity contribution in [3.8, 4) is 17.1 Å². The van der Waals surface area contributed by atoms with Gasteiger partial charge in [0.1, 0.15) is 5.82 Å². The molecule has 194 valence electrons. The lowest BCUT2D eigenvalue weighted by Gasteiger charge is -2.29. The number of carbonyl (C=O) groups is 1. The highest BCUT2D eigenvalue weighted by Gasteiger charge is 2.29. The zero-order valence-corrected chi connectivity index (χ0v) is 21.3. The molecule has 4 heterocycles. The molecule has 0 spiro atoms. The van der Waals surface area contributed by atoms with Gasteiger partial charge in [-0.3, -0.25) is 4.79 Å². The van der Waals surface area contributed by atoms with E-state index in [0.29, 0.717) is 56.5 Å². The number of methoxy groups -OCH3 is 2. The average Bonchev–Trinajstić information content (AvgIpc) is 3.54. The van der Waals surface area contributed by atoms with Gasteiger partial charge in [-0.15, -0.1) is 0 Å². The predicted octanol–water partition coefficient (Wildman–Crippen LogP) is 2.20. The number of aromatic nitrogens is 5. The molecule has 37 heavy (non-hydrogen) atoms. The van der Waals surface area contributed by atoms with Gasteiger partial charge in [0, 0.05) is 56.6 Å². The lowest BCUT2D eigenvalue weighted by Crippen LogP contribution is -2.37. The van der Waals surface area contributed by atoms with Crippen LogP contribution in [-0.4, -0.2) is 84.0 Å². The van der Waals surface area contributed by atoms with Gasteiger partial charge in [-0.05, 0) is 19.1 Å². The van der Waals surface area contributed by atoms with Crippen LogP contribution in [0.4, 0.5) is 5.82 Å². The van der Waals surface area contributed by atoms with Crippen molar-refractivity contribution in [2.45, 2.75) is 12.8 Å². The molecule has 0 radical (unpaired) electrons. The van der Waals surface area contributed by atoms with E-state index in [4.69, 9.17) is 30.0 Å². The summed E-state index contributed by atoms with van der Waals surface area (Å²) in [6.07, 6.45) is 1.88. The molecule has 0 aliphatic carbocycles. The van der Waals surface area contributed by atoms with Crippen LogP contribution in [-0.2, 0) is 14.2 Å². The number of amides is 1. The van der Waals surface area contributed by atoms with Crippen LogP contribution in [0.15, 0.2) is 42.6 Å². The molecule has 1 aliphatic heterocycles. The first kappa shape index (κ1) is 24.9. The van der Waals surface area contributed by atoms with E-state index in [2.05, 4.69) is 29.1 Å². The van der Waals surface area contributed by atoms with Crippen LogP contribution in [0.2, 0.25) is 0 Å². The second-order valence-corrected chi connectivity index (χ2v) is 9.06. The Balaban J connectivity index is 1.71. The maximum Gasteiger partial charge on any atom is 0.269 e. The van der Waals surface area contributed by atoms with Crippen LogP contribution in [0, 0.1) is 6.92 Å². The Bertz CT molecular complexity index is 1400. The topological polar surface area (TPSA) is 122 Å². The molecule has 0 atom stereocenters. The molecular formula is C26H31N7O4. The van der Waals surface area contributed by atoms with Gasteiger partial charge < -0.3 is 24.8 Å². The summed E-state index contributed by atoms with van der Waals surface area (Å²) < 4.78 is 19.9. The van der Waals surface area contributed by atoms with E-state index in [1.807, 2.05) is 30.5 Å². The van der Waals surface area contributed by atoms with Crippen molar-refractivity contribution >= 4 is 17.4 Å². The zero-order valence-electron chi connectivity index (χ0n) is 21.3. The van der Waals surface area contributed by atoms with Crippen LogP contribution >= 0.6 is 0 Å². The normalized spacial score (nSPS) is 14.1. The minimum atomic E-state index is -0.631. The number of nitrogens with zero attached hydrogens (tertiary/aromatic N) is 6. The fraction of sp³-hybridized carbons (Fsp3) is 0.385. The van der Waals surface area contributed by atoms with E-state index >= 15 is 0 Å². The quantitative estimate of drug-likeness (QED) is 0.367. The van der Waals surface area contributed by atoms with Crippen LogP contribution in [0.25, 0.3) is 22.7 Å². The first-order valence-electron chi connectivity index (χ1n) is 12.2. The summed E-state index contributed by atoms with van der Waals surface area (Å²) in [5.41, 5.74) is 10.1. The molecule has 11 nitrogen and oxygen atoms in total. The van der Waals surface area contributed by atoms with Crippen LogP contribution in [0.5, 0.6) is 0 Å². The van der Waals surface area contributed by atoms with Gasteiger partial charge in [0.05, 0.1) is 32.1 Å². The summed E-state index contributed by atoms with van der Waals surface area (Å²) in [5, 5.41) is 9.44. The van der Waals surface area contributed by atoms with Crippen molar-refractivity contribution in [3.05, 3.63) is 59.4 Å². The summed E-state index contributed by atoms with van der Waals surface area (Å²) in [6.45, 7) is 5.20. The number of anilines is 1. The number of rotatable bonds is 9. The van der Waals surface area contributed by atoms with Gasteiger partial charge in [-0.25, -0.2) is 9.67 Å². The van der Waals surface area contributed by atoms with E-state index in [0.717, 1.165) is 22.6 Å². The summed E-state index contributed by atoms with van der Waals surface area (Å²) in [4.78, 5) is 19.6. The highest BCUT2D eigenvalue weighted by Crippen LogP contribution is 2.30. The summed E-state index contributed by atoms with van der Waals surface area (Å²) in [6, 6.07) is 12.1. The molecule has 2 N–H and O–H groups in total. The maximum atomic E-state index is 12.5. The van der Waals surface area contributed by atoms with Crippen LogP contribution < -0.4 is 10.6 Å². The van der Waals surface area contributed by atoms with Crippen molar-refractivity contribution in [3.63, 3.8) is 0 Å². The minimum absolute atomic E-state index is 0.152. The smallest absolute Gasteiger partial charge is 0.269 e. The third-order valence-electron chi connectivity index (χ3n) is 6.44. The lowest BCUT2D eigenvalue weighted by molar-refractivity contribution is 0.0985. The van der Waals surface area contributed by atoms with Crippen molar-refractivity contribution in [1.82, 2.24) is 24.4 Å². The monoisotopic (exact) mass is 505 g/mol. The van der Waals surface area contributed by atoms with E-state index in [1.54, 1.807) is 23.4 Å². The summed E-state index contributed by atoms with van der Waals surface area (Å²) >= 11 is 0. The number of primary amides is 1. The fourth-order valence-electron chi connectivity index (χ4n) is 4.73. The zero-order chi connectivity index (χ0) is 25.9. The number of fused-ring (bicyclic) bond motifs is 1. The van der Waals surface area contributed by atoms with Gasteiger partial charge in [0.25, 0.3) is 5.91 Å². The van der Waals surface area contributed by atoms with Crippen LogP contribution in [0.1, 0.15) is 27.5 Å². The summed E-state index contributed by atoms with van der Waals surface area (Å²) in [7, 11) is 3.21. The van der Waals surface area contributed by atoms with Gasteiger partial charge >= 0.3 is 0 Å². The second kappa shape index (κ2) is 10.7. The summed E-state index contributed by atoms with van der Waals surface area (Å²) in [5.74, 6) is 0.445. The number of carbonyl (C=O) groups excluding carboxylic acids is 1. The van der Waals surface area contributed by atoms with Gasteiger partial charge in [-0.2, -0.15) is 14.7 Å². The highest BCUT2D eigenvalue weighted by molar-refractivity contribution is 5.94. The molecule has 1 fully saturated rings. The predicted molar refractivity (Wildman–Crippen MR) is 138 cm³/mol. The Morgan fingerprint density at radius 1 is 1.11 bits per heavy atom. The Hall–Kier alpha value is -3.80. The molecule has 0 unspecified atom stereocenters. The molecule has 5 rings (SSSR count). The van der Waals surface area contributed by atoms with Crippen molar-refractivity contribution in [2.75, 3.05) is 58.6 Å². The molecule has 0 bridgehead atoms. The number of ether oxygens (including phenoxy) is 3. The molecule has 4 aromatic rings. The Morgan fingerprint density at radius 2 is 1.86 bits per heavy atom. The van der Waals surface area contributed by atoms with E-state index in [-0.39, 0.29) is 11.6 Å². The number of hydrogen-bond donors (Lipinski definition) is 1. The second-order valence-electron chi connectivity index (χ2n) is 9.06. The number of benzene rings is 1. The molecule has 3 aromatic heterocycles. The standard InChI is InChI=1S/C26H31N7O4/c1-17-5-4-6-18(13-17)20-7-8-32(29-20)21-14-22(31-9-11-37-12-10-31)33-26(28-21)23(24(30-33)25(27)34)19(15-35-2)16-36-3/h4-8,13-14,19H,9-12,15-16H2,1-3H3,(H2,27,34). The number of nitrogens with two attached hydrogens (primary N) is 1. The van der Waals surface area contributed by atoms with E-state index < -0.39 is 5.91 Å². The SMILES string of the molecule is COCC(COC)c1c(C(N)=O)nn2c(N3CCOCC3)cc(-n3ccc(-c4cccc(C)c4)n3)nc12. The van der Waals surface area contributed by atoms with Gasteiger partial charge in [-0.1, -0.05) is 23.8 Å². The average molecular weight is 506 g/mol. The number of aryl methyl sites for hydroxylation is 1. The third kappa shape index (κ3) is 4.93. The van der Waals surface area contributed by atoms with Crippen molar-refractivity contribution in [1.29, 1.82) is 0 Å². The minimum Gasteiger partial charge on any atom is -0.384 e. The lowest BCUT2D eigenvalue weighted by atomic mass is 10.0. The third-order valence-corrected chi connectivity index (χ3v) is 6.44. The van der Waals surface area contributed by atoms with Crippen LogP contribution in [0.3, 0.4) is 0 Å². The fourth-order valence-corrected chi connectivity index (χ4v) is 4.73. The largest absolute Gasteiger partial charge is 0.384 e.